The molecule has 0 saturated carbocycles. The van der Waals surface area contributed by atoms with Gasteiger partial charge in [0.1, 0.15) is 0 Å². The average molecular weight is 229 g/mol. The predicted molar refractivity (Wildman–Crippen MR) is 77.0 cm³/mol. The zero-order chi connectivity index (χ0) is 13.0. The normalized spacial score (nSPS) is 27.2. The van der Waals surface area contributed by atoms with Crippen LogP contribution in [0.25, 0.3) is 0 Å². The third-order valence-electron chi connectivity index (χ3n) is 3.08. The Morgan fingerprint density at radius 2 is 1.38 bits per heavy atom. The van der Waals surface area contributed by atoms with Crippen LogP contribution in [-0.2, 0) is 0 Å². The van der Waals surface area contributed by atoms with E-state index < -0.39 is 0 Å². The molecule has 0 spiro atoms. The monoisotopic (exact) mass is 229 g/mol. The summed E-state index contributed by atoms with van der Waals surface area (Å²) >= 11 is 0. The SMILES string of the molecule is CC.CC.CC.CC1CCN2CCCC2C1. The first-order valence-corrected chi connectivity index (χ1v) is 7.60. The zero-order valence-electron chi connectivity index (χ0n) is 12.8. The van der Waals surface area contributed by atoms with Gasteiger partial charge in [-0.05, 0) is 44.7 Å². The predicted octanol–water partition coefficient (Wildman–Crippen LogP) is 4.96. The van der Waals surface area contributed by atoms with Crippen molar-refractivity contribution in [3.8, 4) is 0 Å². The molecule has 100 valence electrons. The first-order chi connectivity index (χ1) is 7.86. The van der Waals surface area contributed by atoms with Gasteiger partial charge in [-0.3, -0.25) is 0 Å². The minimum Gasteiger partial charge on any atom is -0.300 e. The topological polar surface area (TPSA) is 3.24 Å². The maximum atomic E-state index is 2.68. The lowest BCUT2D eigenvalue weighted by Crippen LogP contribution is -2.37. The highest BCUT2D eigenvalue weighted by molar-refractivity contribution is 4.84. The van der Waals surface area contributed by atoms with E-state index in [1.807, 2.05) is 41.5 Å². The summed E-state index contributed by atoms with van der Waals surface area (Å²) in [5.74, 6) is 0.999. The van der Waals surface area contributed by atoms with Gasteiger partial charge in [0.15, 0.2) is 0 Å². The van der Waals surface area contributed by atoms with Crippen LogP contribution >= 0.6 is 0 Å². The number of hydrogen-bond donors (Lipinski definition) is 0. The molecule has 1 heteroatoms. The van der Waals surface area contributed by atoms with Crippen LogP contribution in [0.3, 0.4) is 0 Å². The van der Waals surface area contributed by atoms with Gasteiger partial charge in [-0.25, -0.2) is 0 Å². The maximum Gasteiger partial charge on any atom is 0.00982 e. The van der Waals surface area contributed by atoms with E-state index in [1.165, 1.54) is 38.8 Å². The largest absolute Gasteiger partial charge is 0.300 e. The van der Waals surface area contributed by atoms with Crippen molar-refractivity contribution in [1.29, 1.82) is 0 Å². The molecule has 0 aromatic carbocycles. The van der Waals surface area contributed by atoms with Gasteiger partial charge >= 0.3 is 0 Å². The number of rotatable bonds is 0. The molecule has 2 unspecified atom stereocenters. The Bertz CT molecular complexity index is 123. The van der Waals surface area contributed by atoms with E-state index in [0.717, 1.165) is 12.0 Å². The van der Waals surface area contributed by atoms with Gasteiger partial charge < -0.3 is 4.90 Å². The summed E-state index contributed by atoms with van der Waals surface area (Å²) in [6.45, 7) is 17.2. The second kappa shape index (κ2) is 13.0. The Hall–Kier alpha value is -0.0400. The molecule has 2 fully saturated rings. The second-order valence-electron chi connectivity index (χ2n) is 3.96. The summed E-state index contributed by atoms with van der Waals surface area (Å²) in [4.78, 5) is 2.68. The van der Waals surface area contributed by atoms with Crippen molar-refractivity contribution < 1.29 is 0 Å². The summed E-state index contributed by atoms with van der Waals surface area (Å²) < 4.78 is 0. The fraction of sp³-hybridized carbons (Fsp3) is 1.00. The molecule has 0 aromatic heterocycles. The molecule has 2 aliphatic heterocycles. The highest BCUT2D eigenvalue weighted by atomic mass is 15.2. The molecule has 1 nitrogen and oxygen atoms in total. The summed E-state index contributed by atoms with van der Waals surface area (Å²) in [7, 11) is 0. The molecule has 0 aliphatic carbocycles. The smallest absolute Gasteiger partial charge is 0.00982 e. The van der Waals surface area contributed by atoms with Gasteiger partial charge in [-0.1, -0.05) is 48.5 Å². The Morgan fingerprint density at radius 1 is 0.812 bits per heavy atom. The highest BCUT2D eigenvalue weighted by Gasteiger charge is 2.29. The molecule has 2 saturated heterocycles. The summed E-state index contributed by atoms with van der Waals surface area (Å²) in [6, 6.07) is 0.976. The third kappa shape index (κ3) is 6.52. The Kier molecular flexibility index (Phi) is 14.9. The van der Waals surface area contributed by atoms with Gasteiger partial charge in [0.25, 0.3) is 0 Å². The summed E-state index contributed by atoms with van der Waals surface area (Å²) in [5, 5.41) is 0. The lowest BCUT2D eigenvalue weighted by Gasteiger charge is -2.32. The van der Waals surface area contributed by atoms with Gasteiger partial charge in [-0.2, -0.15) is 0 Å². The molecule has 2 rings (SSSR count). The number of hydrogen-bond acceptors (Lipinski definition) is 1. The minimum absolute atomic E-state index is 0.976. The van der Waals surface area contributed by atoms with Crippen molar-refractivity contribution in [2.75, 3.05) is 13.1 Å². The zero-order valence-corrected chi connectivity index (χ0v) is 12.8. The number of fused-ring (bicyclic) bond motifs is 1. The molecule has 0 amide bonds. The van der Waals surface area contributed by atoms with Gasteiger partial charge in [0, 0.05) is 6.04 Å². The summed E-state index contributed by atoms with van der Waals surface area (Å²) in [5.41, 5.74) is 0. The number of piperidine rings is 1. The van der Waals surface area contributed by atoms with Crippen molar-refractivity contribution >= 4 is 0 Å². The highest BCUT2D eigenvalue weighted by Crippen LogP contribution is 2.29. The fourth-order valence-electron chi connectivity index (χ4n) is 2.42. The number of nitrogens with zero attached hydrogens (tertiary/aromatic N) is 1. The van der Waals surface area contributed by atoms with Crippen LogP contribution in [-0.4, -0.2) is 24.0 Å². The molecular formula is C15H35N. The van der Waals surface area contributed by atoms with E-state index in [0.29, 0.717) is 0 Å². The van der Waals surface area contributed by atoms with E-state index in [2.05, 4.69) is 11.8 Å². The van der Waals surface area contributed by atoms with E-state index >= 15 is 0 Å². The lowest BCUT2D eigenvalue weighted by molar-refractivity contribution is 0.160. The van der Waals surface area contributed by atoms with Crippen molar-refractivity contribution in [2.24, 2.45) is 5.92 Å². The Balaban J connectivity index is 0. The molecule has 2 heterocycles. The van der Waals surface area contributed by atoms with Crippen LogP contribution in [0.4, 0.5) is 0 Å². The first kappa shape index (κ1) is 18.3. The summed E-state index contributed by atoms with van der Waals surface area (Å²) in [6.07, 6.45) is 5.85. The molecule has 0 bridgehead atoms. The molecule has 16 heavy (non-hydrogen) atoms. The van der Waals surface area contributed by atoms with Crippen LogP contribution in [0.2, 0.25) is 0 Å². The Morgan fingerprint density at radius 3 is 1.94 bits per heavy atom. The third-order valence-corrected chi connectivity index (χ3v) is 3.08. The second-order valence-corrected chi connectivity index (χ2v) is 3.96. The quantitative estimate of drug-likeness (QED) is 0.567. The van der Waals surface area contributed by atoms with Crippen LogP contribution in [0.1, 0.15) is 74.1 Å². The van der Waals surface area contributed by atoms with Crippen LogP contribution in [0.5, 0.6) is 0 Å². The maximum absolute atomic E-state index is 2.68. The average Bonchev–Trinajstić information content (AvgIpc) is 2.84. The molecule has 2 aliphatic rings. The van der Waals surface area contributed by atoms with Crippen LogP contribution < -0.4 is 0 Å². The van der Waals surface area contributed by atoms with Crippen LogP contribution in [0, 0.1) is 5.92 Å². The van der Waals surface area contributed by atoms with Crippen molar-refractivity contribution in [3.05, 3.63) is 0 Å². The van der Waals surface area contributed by atoms with Gasteiger partial charge in [0.05, 0.1) is 0 Å². The van der Waals surface area contributed by atoms with E-state index in [9.17, 15) is 0 Å². The van der Waals surface area contributed by atoms with Crippen molar-refractivity contribution in [3.63, 3.8) is 0 Å². The molecule has 0 radical (unpaired) electrons. The van der Waals surface area contributed by atoms with Crippen molar-refractivity contribution in [2.45, 2.75) is 80.2 Å². The molecule has 2 atom stereocenters. The fourth-order valence-corrected chi connectivity index (χ4v) is 2.42. The molecule has 0 aromatic rings. The lowest BCUT2D eigenvalue weighted by atomic mass is 9.93. The van der Waals surface area contributed by atoms with E-state index in [1.54, 1.807) is 0 Å². The van der Waals surface area contributed by atoms with Gasteiger partial charge in [0.2, 0.25) is 0 Å². The standard InChI is InChI=1S/C9H17N.3C2H6/c1-8-4-6-10-5-2-3-9(10)7-8;3*1-2/h8-9H,2-7H2,1H3;3*1-2H3. The Labute approximate surface area is 105 Å². The molecular weight excluding hydrogens is 194 g/mol. The van der Waals surface area contributed by atoms with Gasteiger partial charge in [-0.15, -0.1) is 0 Å². The van der Waals surface area contributed by atoms with E-state index in [-0.39, 0.29) is 0 Å². The van der Waals surface area contributed by atoms with E-state index in [4.69, 9.17) is 0 Å². The first-order valence-electron chi connectivity index (χ1n) is 7.60. The molecule has 0 N–H and O–H groups in total. The minimum atomic E-state index is 0.976. The van der Waals surface area contributed by atoms with Crippen LogP contribution in [0.15, 0.2) is 0 Å². The van der Waals surface area contributed by atoms with Crippen molar-refractivity contribution in [1.82, 2.24) is 4.90 Å².